The zero-order valence-corrected chi connectivity index (χ0v) is 30.7. The van der Waals surface area contributed by atoms with Gasteiger partial charge in [0.2, 0.25) is 0 Å². The maximum Gasteiger partial charge on any atom is 0.0782 e. The summed E-state index contributed by atoms with van der Waals surface area (Å²) in [4.78, 5) is 2.45. The molecule has 0 aliphatic heterocycles. The van der Waals surface area contributed by atoms with Crippen LogP contribution in [0.25, 0.3) is 80.7 Å². The van der Waals surface area contributed by atoms with Gasteiger partial charge in [0.15, 0.2) is 0 Å². The predicted molar refractivity (Wildman–Crippen MR) is 237 cm³/mol. The number of rotatable bonds is 6. The summed E-state index contributed by atoms with van der Waals surface area (Å²) >= 11 is 1.89. The average molecular weight is 719 g/mol. The second-order valence-electron chi connectivity index (χ2n) is 14.1. The normalized spacial score (nSPS) is 11.6. The summed E-state index contributed by atoms with van der Waals surface area (Å²) < 4.78 is 5.11. The first-order valence-corrected chi connectivity index (χ1v) is 19.6. The summed E-state index contributed by atoms with van der Waals surface area (Å²) in [5, 5.41) is 7.70. The highest BCUT2D eigenvalue weighted by Crippen LogP contribution is 2.47. The monoisotopic (exact) mass is 718 g/mol. The summed E-state index contributed by atoms with van der Waals surface area (Å²) in [5.74, 6) is 0. The minimum Gasteiger partial charge on any atom is -0.308 e. The van der Waals surface area contributed by atoms with Crippen LogP contribution in [-0.4, -0.2) is 4.57 Å². The van der Waals surface area contributed by atoms with Crippen molar-refractivity contribution in [2.24, 2.45) is 0 Å². The lowest BCUT2D eigenvalue weighted by Crippen LogP contribution is -2.12. The fraction of sp³-hybridized carbons (Fsp3) is 0. The molecule has 0 radical (unpaired) electrons. The van der Waals surface area contributed by atoms with Crippen molar-refractivity contribution in [1.29, 1.82) is 0 Å². The van der Waals surface area contributed by atoms with Gasteiger partial charge in [0, 0.05) is 53.3 Å². The van der Waals surface area contributed by atoms with Crippen LogP contribution in [0.5, 0.6) is 0 Å². The summed E-state index contributed by atoms with van der Waals surface area (Å²) in [6.07, 6.45) is 0. The molecule has 0 spiro atoms. The fourth-order valence-corrected chi connectivity index (χ4v) is 9.78. The van der Waals surface area contributed by atoms with E-state index >= 15 is 0 Å². The highest BCUT2D eigenvalue weighted by Gasteiger charge is 2.23. The summed E-state index contributed by atoms with van der Waals surface area (Å²) in [7, 11) is 0. The SMILES string of the molecule is c1ccc(-c2ccccc2N(c2ccc(-c3cccc4c3ccc3c5ccccc5sc43)cc2)c2cccc3c4ccccc4n(-c4ccccc4)c23)cc1. The van der Waals surface area contributed by atoms with Gasteiger partial charge in [0.25, 0.3) is 0 Å². The van der Waals surface area contributed by atoms with Crippen LogP contribution in [0.3, 0.4) is 0 Å². The Morgan fingerprint density at radius 1 is 0.364 bits per heavy atom. The van der Waals surface area contributed by atoms with Crippen molar-refractivity contribution in [2.75, 3.05) is 4.90 Å². The van der Waals surface area contributed by atoms with Gasteiger partial charge in [-0.05, 0) is 70.6 Å². The van der Waals surface area contributed by atoms with Crippen molar-refractivity contribution < 1.29 is 0 Å². The number of para-hydroxylation sites is 4. The van der Waals surface area contributed by atoms with Crippen LogP contribution < -0.4 is 4.90 Å². The van der Waals surface area contributed by atoms with E-state index in [-0.39, 0.29) is 0 Å². The van der Waals surface area contributed by atoms with E-state index in [1.165, 1.54) is 75.0 Å². The zero-order valence-electron chi connectivity index (χ0n) is 29.9. The van der Waals surface area contributed by atoms with Crippen molar-refractivity contribution in [2.45, 2.75) is 0 Å². The molecule has 9 aromatic carbocycles. The Kier molecular flexibility index (Phi) is 7.39. The van der Waals surface area contributed by atoms with Crippen LogP contribution in [0.15, 0.2) is 206 Å². The number of anilines is 3. The lowest BCUT2D eigenvalue weighted by Gasteiger charge is -2.29. The van der Waals surface area contributed by atoms with Crippen molar-refractivity contribution in [3.05, 3.63) is 206 Å². The molecule has 0 aliphatic rings. The van der Waals surface area contributed by atoms with Gasteiger partial charge in [0.1, 0.15) is 0 Å². The van der Waals surface area contributed by atoms with E-state index < -0.39 is 0 Å². The molecule has 0 bridgehead atoms. The minimum atomic E-state index is 1.09. The van der Waals surface area contributed by atoms with Crippen molar-refractivity contribution in [3.63, 3.8) is 0 Å². The molecule has 0 aliphatic carbocycles. The van der Waals surface area contributed by atoms with E-state index in [1.807, 2.05) is 11.3 Å². The third-order valence-corrected chi connectivity index (χ3v) is 12.2. The number of hydrogen-bond donors (Lipinski definition) is 0. The average Bonchev–Trinajstić information content (AvgIpc) is 3.82. The lowest BCUT2D eigenvalue weighted by atomic mass is 9.96. The van der Waals surface area contributed by atoms with E-state index in [0.717, 1.165) is 22.7 Å². The first-order chi connectivity index (χ1) is 27.3. The Balaban J connectivity index is 1.14. The molecule has 55 heavy (non-hydrogen) atoms. The highest BCUT2D eigenvalue weighted by molar-refractivity contribution is 7.26. The molecule has 0 amide bonds. The predicted octanol–water partition coefficient (Wildman–Crippen LogP) is 15.1. The van der Waals surface area contributed by atoms with Crippen LogP contribution in [0.1, 0.15) is 0 Å². The molecule has 2 aromatic heterocycles. The van der Waals surface area contributed by atoms with Crippen LogP contribution in [-0.2, 0) is 0 Å². The quantitative estimate of drug-likeness (QED) is 0.166. The summed E-state index contributed by atoms with van der Waals surface area (Å²) in [6, 6.07) is 75.1. The Morgan fingerprint density at radius 2 is 0.945 bits per heavy atom. The Morgan fingerprint density at radius 3 is 1.80 bits per heavy atom. The summed E-state index contributed by atoms with van der Waals surface area (Å²) in [6.45, 7) is 0. The van der Waals surface area contributed by atoms with Gasteiger partial charge >= 0.3 is 0 Å². The second kappa shape index (κ2) is 12.9. The number of nitrogens with zero attached hydrogens (tertiary/aromatic N) is 2. The van der Waals surface area contributed by atoms with Crippen LogP contribution in [0.4, 0.5) is 17.1 Å². The van der Waals surface area contributed by atoms with Gasteiger partial charge in [-0.15, -0.1) is 11.3 Å². The highest BCUT2D eigenvalue weighted by atomic mass is 32.1. The molecule has 0 atom stereocenters. The standard InChI is InChI=1S/C52H34N2S/c1-3-15-35(16-4-1)40-19-7-10-25-47(40)53(49-27-14-23-44-42-20-8-11-26-48(42)54(51(44)49)37-17-5-2-6-18-37)38-31-29-36(30-32-38)39-22-13-24-45-41(39)33-34-46-43-21-9-12-28-50(43)55-52(45)46/h1-34H. The van der Waals surface area contributed by atoms with Gasteiger partial charge in [-0.2, -0.15) is 0 Å². The van der Waals surface area contributed by atoms with Crippen molar-refractivity contribution >= 4 is 81.1 Å². The van der Waals surface area contributed by atoms with E-state index in [9.17, 15) is 0 Å². The van der Waals surface area contributed by atoms with Crippen molar-refractivity contribution in [3.8, 4) is 27.9 Å². The molecular weight excluding hydrogens is 685 g/mol. The first-order valence-electron chi connectivity index (χ1n) is 18.8. The maximum absolute atomic E-state index is 2.45. The van der Waals surface area contributed by atoms with Crippen LogP contribution in [0.2, 0.25) is 0 Å². The van der Waals surface area contributed by atoms with E-state index in [4.69, 9.17) is 0 Å². The number of aromatic nitrogens is 1. The number of benzene rings is 9. The van der Waals surface area contributed by atoms with Gasteiger partial charge in [-0.25, -0.2) is 0 Å². The molecule has 0 N–H and O–H groups in total. The Bertz CT molecular complexity index is 3190. The third kappa shape index (κ3) is 5.09. The number of fused-ring (bicyclic) bond motifs is 8. The molecule has 0 saturated carbocycles. The number of thiophene rings is 1. The second-order valence-corrected chi connectivity index (χ2v) is 15.1. The van der Waals surface area contributed by atoms with Crippen LogP contribution >= 0.6 is 11.3 Å². The molecule has 2 nitrogen and oxygen atoms in total. The largest absolute Gasteiger partial charge is 0.308 e. The van der Waals surface area contributed by atoms with E-state index in [2.05, 4.69) is 216 Å². The molecule has 258 valence electrons. The smallest absolute Gasteiger partial charge is 0.0782 e. The van der Waals surface area contributed by atoms with Gasteiger partial charge in [0.05, 0.1) is 22.4 Å². The number of hydrogen-bond acceptors (Lipinski definition) is 2. The van der Waals surface area contributed by atoms with E-state index in [1.54, 1.807) is 0 Å². The minimum absolute atomic E-state index is 1.09. The van der Waals surface area contributed by atoms with Gasteiger partial charge in [-0.3, -0.25) is 0 Å². The van der Waals surface area contributed by atoms with Gasteiger partial charge < -0.3 is 9.47 Å². The first kappa shape index (κ1) is 31.6. The zero-order chi connectivity index (χ0) is 36.3. The molecule has 3 heteroatoms. The molecule has 2 heterocycles. The molecule has 0 fully saturated rings. The van der Waals surface area contributed by atoms with Gasteiger partial charge in [-0.1, -0.05) is 158 Å². The topological polar surface area (TPSA) is 8.17 Å². The molecule has 11 aromatic rings. The molecule has 0 unspecified atom stereocenters. The summed E-state index contributed by atoms with van der Waals surface area (Å²) in [5.41, 5.74) is 11.6. The Hall–Kier alpha value is -6.94. The fourth-order valence-electron chi connectivity index (χ4n) is 8.55. The van der Waals surface area contributed by atoms with E-state index in [0.29, 0.717) is 0 Å². The third-order valence-electron chi connectivity index (χ3n) is 11.0. The lowest BCUT2D eigenvalue weighted by molar-refractivity contribution is 1.17. The molecular formula is C52H34N2S. The Labute approximate surface area is 323 Å². The van der Waals surface area contributed by atoms with Crippen LogP contribution in [0, 0.1) is 0 Å². The molecule has 0 saturated heterocycles. The maximum atomic E-state index is 2.45. The molecule has 11 rings (SSSR count). The van der Waals surface area contributed by atoms with Crippen molar-refractivity contribution in [1.82, 2.24) is 4.57 Å².